The van der Waals surface area contributed by atoms with E-state index in [1.165, 1.54) is 0 Å². The molecule has 9 heteroatoms. The molecule has 27 heavy (non-hydrogen) atoms. The van der Waals surface area contributed by atoms with Crippen LogP contribution in [0.2, 0.25) is 0 Å². The van der Waals surface area contributed by atoms with Crippen LogP contribution < -0.4 is 15.8 Å². The number of piperidine rings is 1. The molecule has 0 unspecified atom stereocenters. The van der Waals surface area contributed by atoms with E-state index in [0.717, 1.165) is 18.0 Å². The predicted octanol–water partition coefficient (Wildman–Crippen LogP) is 2.47. The van der Waals surface area contributed by atoms with E-state index in [0.29, 0.717) is 30.6 Å². The first-order valence-electron chi connectivity index (χ1n) is 8.85. The number of hydrogen-bond acceptors (Lipinski definition) is 6. The van der Waals surface area contributed by atoms with Crippen molar-refractivity contribution in [3.8, 4) is 5.88 Å². The maximum atomic E-state index is 12.5. The minimum absolute atomic E-state index is 0.0703. The van der Waals surface area contributed by atoms with Crippen molar-refractivity contribution in [1.82, 2.24) is 14.6 Å². The number of rotatable bonds is 9. The number of nitrogens with zero attached hydrogens (tertiary/aromatic N) is 2. The quantitative estimate of drug-likeness (QED) is 0.620. The van der Waals surface area contributed by atoms with Crippen LogP contribution in [-0.4, -0.2) is 54.7 Å². The summed E-state index contributed by atoms with van der Waals surface area (Å²) >= 11 is 1.57. The lowest BCUT2D eigenvalue weighted by Crippen LogP contribution is -2.46. The van der Waals surface area contributed by atoms with Crippen LogP contribution in [-0.2, 0) is 4.79 Å². The second kappa shape index (κ2) is 10.6. The van der Waals surface area contributed by atoms with E-state index in [2.05, 4.69) is 14.6 Å². The van der Waals surface area contributed by atoms with Crippen molar-refractivity contribution < 1.29 is 18.3 Å². The van der Waals surface area contributed by atoms with Gasteiger partial charge in [-0.05, 0) is 30.9 Å². The number of nitrogens with two attached hydrogens (primary N) is 1. The molecule has 1 aliphatic rings. The molecule has 1 fully saturated rings. The van der Waals surface area contributed by atoms with Crippen LogP contribution in [0.4, 0.5) is 8.78 Å². The molecule has 1 aromatic heterocycles. The molecule has 1 amide bonds. The van der Waals surface area contributed by atoms with Crippen molar-refractivity contribution in [1.29, 1.82) is 0 Å². The highest BCUT2D eigenvalue weighted by Gasteiger charge is 2.36. The minimum atomic E-state index is -0.548. The Labute approximate surface area is 162 Å². The summed E-state index contributed by atoms with van der Waals surface area (Å²) in [6.45, 7) is 3.13. The van der Waals surface area contributed by atoms with Crippen molar-refractivity contribution in [3.05, 3.63) is 30.2 Å². The van der Waals surface area contributed by atoms with Crippen LogP contribution in [0.25, 0.3) is 0 Å². The van der Waals surface area contributed by atoms with Crippen molar-refractivity contribution in [2.24, 2.45) is 11.1 Å². The SMILES string of the molecule is CC1(C(=O)NCCF)CCN(Sc2ccc(OC/C(=C\F)CN)nc2)CC1. The lowest BCUT2D eigenvalue weighted by atomic mass is 9.80. The van der Waals surface area contributed by atoms with Gasteiger partial charge in [0.25, 0.3) is 0 Å². The van der Waals surface area contributed by atoms with Gasteiger partial charge in [-0.3, -0.25) is 4.79 Å². The third-order valence-corrected chi connectivity index (χ3v) is 5.60. The largest absolute Gasteiger partial charge is 0.473 e. The van der Waals surface area contributed by atoms with E-state index in [1.54, 1.807) is 24.2 Å². The summed E-state index contributed by atoms with van der Waals surface area (Å²) in [5, 5.41) is 2.64. The van der Waals surface area contributed by atoms with Gasteiger partial charge in [0, 0.05) is 54.3 Å². The van der Waals surface area contributed by atoms with Crippen molar-refractivity contribution >= 4 is 17.9 Å². The van der Waals surface area contributed by atoms with Crippen LogP contribution in [0.15, 0.2) is 35.1 Å². The van der Waals surface area contributed by atoms with Crippen LogP contribution in [0.3, 0.4) is 0 Å². The monoisotopic (exact) mass is 400 g/mol. The average Bonchev–Trinajstić information content (AvgIpc) is 2.70. The molecule has 1 aromatic rings. The number of aromatic nitrogens is 1. The maximum Gasteiger partial charge on any atom is 0.226 e. The van der Waals surface area contributed by atoms with Gasteiger partial charge in [0.1, 0.15) is 13.3 Å². The Morgan fingerprint density at radius 1 is 1.48 bits per heavy atom. The first-order chi connectivity index (χ1) is 13.0. The highest BCUT2D eigenvalue weighted by molar-refractivity contribution is 7.97. The lowest BCUT2D eigenvalue weighted by molar-refractivity contribution is -0.132. The molecule has 3 N–H and O–H groups in total. The van der Waals surface area contributed by atoms with Crippen LogP contribution in [0.5, 0.6) is 5.88 Å². The molecule has 0 bridgehead atoms. The zero-order chi connectivity index (χ0) is 19.7. The standard InChI is InChI=1S/C18H26F2N4O2S/c1-18(17(25)22-7-6-19)4-8-24(9-5-18)27-15-2-3-16(23-12-15)26-13-14(10-20)11-21/h2-3,10,12H,4-9,11,13,21H2,1H3,(H,22,25)/b14-10-. The molecule has 0 radical (unpaired) electrons. The fourth-order valence-corrected chi connectivity index (χ4v) is 3.52. The summed E-state index contributed by atoms with van der Waals surface area (Å²) < 4.78 is 32.3. The predicted molar refractivity (Wildman–Crippen MR) is 102 cm³/mol. The highest BCUT2D eigenvalue weighted by atomic mass is 32.2. The fourth-order valence-electron chi connectivity index (χ4n) is 2.63. The molecular formula is C18H26F2N4O2S. The van der Waals surface area contributed by atoms with Crippen molar-refractivity contribution in [2.75, 3.05) is 39.5 Å². The van der Waals surface area contributed by atoms with Gasteiger partial charge in [0.15, 0.2) is 0 Å². The Hall–Kier alpha value is -1.71. The van der Waals surface area contributed by atoms with Crippen LogP contribution in [0.1, 0.15) is 19.8 Å². The molecule has 6 nitrogen and oxygen atoms in total. The molecule has 150 valence electrons. The van der Waals surface area contributed by atoms with Crippen molar-refractivity contribution in [3.63, 3.8) is 0 Å². The third-order valence-electron chi connectivity index (χ3n) is 4.52. The smallest absolute Gasteiger partial charge is 0.226 e. The summed E-state index contributed by atoms with van der Waals surface area (Å²) in [5.74, 6) is 0.329. The molecule has 0 aliphatic carbocycles. The number of pyridine rings is 1. The summed E-state index contributed by atoms with van der Waals surface area (Å²) in [7, 11) is 0. The molecule has 1 saturated heterocycles. The zero-order valence-corrected chi connectivity index (χ0v) is 16.2. The van der Waals surface area contributed by atoms with Crippen LogP contribution in [0, 0.1) is 5.41 Å². The number of carbonyl (C=O) groups excluding carboxylic acids is 1. The van der Waals surface area contributed by atoms with Gasteiger partial charge < -0.3 is 15.8 Å². The molecule has 0 spiro atoms. The number of carbonyl (C=O) groups is 1. The number of halogens is 2. The number of nitrogens with one attached hydrogen (secondary N) is 1. The molecule has 1 aliphatic heterocycles. The average molecular weight is 400 g/mol. The fraction of sp³-hybridized carbons (Fsp3) is 0.556. The first kappa shape index (κ1) is 21.6. The Morgan fingerprint density at radius 2 is 2.22 bits per heavy atom. The van der Waals surface area contributed by atoms with Gasteiger partial charge in [-0.25, -0.2) is 18.1 Å². The van der Waals surface area contributed by atoms with E-state index in [9.17, 15) is 13.6 Å². The van der Waals surface area contributed by atoms with E-state index < -0.39 is 12.1 Å². The van der Waals surface area contributed by atoms with Gasteiger partial charge in [0.05, 0.1) is 6.33 Å². The maximum absolute atomic E-state index is 12.5. The van der Waals surface area contributed by atoms with E-state index >= 15 is 0 Å². The van der Waals surface area contributed by atoms with Crippen LogP contribution >= 0.6 is 11.9 Å². The van der Waals surface area contributed by atoms with Gasteiger partial charge >= 0.3 is 0 Å². The van der Waals surface area contributed by atoms with E-state index in [4.69, 9.17) is 10.5 Å². The van der Waals surface area contributed by atoms with Gasteiger partial charge in [-0.1, -0.05) is 6.92 Å². The second-order valence-corrected chi connectivity index (χ2v) is 7.79. The normalized spacial score (nSPS) is 17.6. The second-order valence-electron chi connectivity index (χ2n) is 6.62. The molecule has 2 heterocycles. The zero-order valence-electron chi connectivity index (χ0n) is 15.4. The third kappa shape index (κ3) is 6.44. The molecule has 0 aromatic carbocycles. The topological polar surface area (TPSA) is 80.5 Å². The molecule has 0 atom stereocenters. The Balaban J connectivity index is 1.80. The van der Waals surface area contributed by atoms with Gasteiger partial charge in [-0.15, -0.1) is 0 Å². The lowest BCUT2D eigenvalue weighted by Gasteiger charge is -2.37. The van der Waals surface area contributed by atoms with Crippen molar-refractivity contribution in [2.45, 2.75) is 24.7 Å². The number of alkyl halides is 1. The molecule has 2 rings (SSSR count). The summed E-state index contributed by atoms with van der Waals surface area (Å²) in [5.41, 5.74) is 5.29. The van der Waals surface area contributed by atoms with Gasteiger partial charge in [0.2, 0.25) is 11.8 Å². The first-order valence-corrected chi connectivity index (χ1v) is 9.62. The number of ether oxygens (including phenoxy) is 1. The van der Waals surface area contributed by atoms with Gasteiger partial charge in [-0.2, -0.15) is 0 Å². The summed E-state index contributed by atoms with van der Waals surface area (Å²) in [6.07, 6.45) is 3.57. The number of hydrogen-bond donors (Lipinski definition) is 2. The number of amides is 1. The van der Waals surface area contributed by atoms with E-state index in [1.807, 2.05) is 13.0 Å². The summed E-state index contributed by atoms with van der Waals surface area (Å²) in [6, 6.07) is 3.61. The Kier molecular flexibility index (Phi) is 8.46. The summed E-state index contributed by atoms with van der Waals surface area (Å²) in [4.78, 5) is 17.3. The van der Waals surface area contributed by atoms with E-state index in [-0.39, 0.29) is 25.6 Å². The minimum Gasteiger partial charge on any atom is -0.473 e. The molecule has 0 saturated carbocycles. The Morgan fingerprint density at radius 3 is 2.78 bits per heavy atom. The Bertz CT molecular complexity index is 635. The highest BCUT2D eigenvalue weighted by Crippen LogP contribution is 2.35. The molecular weight excluding hydrogens is 374 g/mol.